The molecule has 1 fully saturated rings. The first kappa shape index (κ1) is 15.2. The molecule has 1 saturated heterocycles. The van der Waals surface area contributed by atoms with Crippen LogP contribution in [0.5, 0.6) is 11.5 Å². The molecule has 1 atom stereocenters. The molecule has 0 aliphatic carbocycles. The van der Waals surface area contributed by atoms with Gasteiger partial charge in [-0.3, -0.25) is 0 Å². The average molecular weight is 277 g/mol. The van der Waals surface area contributed by atoms with E-state index in [1.165, 1.54) is 19.4 Å². The number of aromatic hydroxyl groups is 1. The lowest BCUT2D eigenvalue weighted by molar-refractivity contribution is 0.149. The summed E-state index contributed by atoms with van der Waals surface area (Å²) in [6, 6.07) is 0. The molecule has 1 heterocycles. The molecule has 20 heavy (non-hydrogen) atoms. The number of likely N-dealkylation sites (tertiary alicyclic amines) is 1. The van der Waals surface area contributed by atoms with Gasteiger partial charge in [0.05, 0.1) is 6.61 Å². The maximum atomic E-state index is 10.1. The zero-order valence-electron chi connectivity index (χ0n) is 13.4. The molecule has 0 radical (unpaired) electrons. The van der Waals surface area contributed by atoms with Crippen LogP contribution in [-0.2, 0) is 0 Å². The number of phenols is 1. The Morgan fingerprint density at radius 2 is 1.70 bits per heavy atom. The minimum atomic E-state index is 0.407. The van der Waals surface area contributed by atoms with Gasteiger partial charge in [-0.15, -0.1) is 0 Å². The van der Waals surface area contributed by atoms with Crippen LogP contribution >= 0.6 is 0 Å². The Bertz CT molecular complexity index is 467. The molecule has 1 N–H and O–H groups in total. The lowest BCUT2D eigenvalue weighted by Gasteiger charge is -2.30. The number of ether oxygens (including phenoxy) is 1. The van der Waals surface area contributed by atoms with E-state index in [4.69, 9.17) is 4.74 Å². The van der Waals surface area contributed by atoms with Crippen molar-refractivity contribution in [3.05, 3.63) is 22.3 Å². The minimum absolute atomic E-state index is 0.407. The number of nitrogens with zero attached hydrogens (tertiary/aromatic N) is 1. The van der Waals surface area contributed by atoms with Gasteiger partial charge in [0.2, 0.25) is 0 Å². The van der Waals surface area contributed by atoms with Crippen LogP contribution in [0.15, 0.2) is 0 Å². The highest BCUT2D eigenvalue weighted by atomic mass is 16.5. The second-order valence-corrected chi connectivity index (χ2v) is 6.26. The number of hydrogen-bond donors (Lipinski definition) is 1. The first-order valence-electron chi connectivity index (χ1n) is 7.52. The Hall–Kier alpha value is -1.22. The SMILES string of the molecule is Cc1c(C)c(OCC2CCCN(C)C2)c(C)c(C)c1O. The second kappa shape index (κ2) is 6.04. The Morgan fingerprint density at radius 1 is 1.10 bits per heavy atom. The van der Waals surface area contributed by atoms with E-state index in [0.29, 0.717) is 11.7 Å². The molecule has 1 aromatic carbocycles. The van der Waals surface area contributed by atoms with Gasteiger partial charge in [0, 0.05) is 12.5 Å². The van der Waals surface area contributed by atoms with Crippen molar-refractivity contribution in [3.8, 4) is 11.5 Å². The molecule has 1 aliphatic heterocycles. The van der Waals surface area contributed by atoms with Crippen LogP contribution in [0, 0.1) is 33.6 Å². The van der Waals surface area contributed by atoms with Crippen molar-refractivity contribution < 1.29 is 9.84 Å². The fraction of sp³-hybridized carbons (Fsp3) is 0.647. The smallest absolute Gasteiger partial charge is 0.125 e. The van der Waals surface area contributed by atoms with Gasteiger partial charge in [0.1, 0.15) is 11.5 Å². The van der Waals surface area contributed by atoms with Crippen LogP contribution in [0.25, 0.3) is 0 Å². The predicted molar refractivity (Wildman–Crippen MR) is 82.8 cm³/mol. The number of benzene rings is 1. The van der Waals surface area contributed by atoms with Gasteiger partial charge in [-0.1, -0.05) is 0 Å². The maximum Gasteiger partial charge on any atom is 0.125 e. The summed E-state index contributed by atoms with van der Waals surface area (Å²) < 4.78 is 6.13. The van der Waals surface area contributed by atoms with E-state index in [2.05, 4.69) is 11.9 Å². The van der Waals surface area contributed by atoms with E-state index >= 15 is 0 Å². The number of rotatable bonds is 3. The van der Waals surface area contributed by atoms with Crippen molar-refractivity contribution in [1.82, 2.24) is 4.90 Å². The number of hydrogen-bond acceptors (Lipinski definition) is 3. The summed E-state index contributed by atoms with van der Waals surface area (Å²) in [7, 11) is 2.18. The van der Waals surface area contributed by atoms with Crippen LogP contribution < -0.4 is 4.74 Å². The fourth-order valence-corrected chi connectivity index (χ4v) is 3.09. The van der Waals surface area contributed by atoms with Crippen LogP contribution in [0.1, 0.15) is 35.1 Å². The third-order valence-electron chi connectivity index (χ3n) is 4.70. The molecule has 112 valence electrons. The van der Waals surface area contributed by atoms with E-state index in [1.54, 1.807) is 0 Å². The van der Waals surface area contributed by atoms with Gasteiger partial charge in [-0.2, -0.15) is 0 Å². The molecule has 0 amide bonds. The topological polar surface area (TPSA) is 32.7 Å². The van der Waals surface area contributed by atoms with Crippen molar-refractivity contribution >= 4 is 0 Å². The van der Waals surface area contributed by atoms with Crippen LogP contribution in [0.4, 0.5) is 0 Å². The third-order valence-corrected chi connectivity index (χ3v) is 4.70. The lowest BCUT2D eigenvalue weighted by atomic mass is 9.97. The van der Waals surface area contributed by atoms with E-state index in [1.807, 2.05) is 27.7 Å². The van der Waals surface area contributed by atoms with E-state index in [-0.39, 0.29) is 0 Å². The van der Waals surface area contributed by atoms with Crippen molar-refractivity contribution in [2.24, 2.45) is 5.92 Å². The molecular weight excluding hydrogens is 250 g/mol. The predicted octanol–water partition coefficient (Wildman–Crippen LogP) is 3.35. The molecule has 0 spiro atoms. The highest BCUT2D eigenvalue weighted by Gasteiger charge is 2.20. The molecule has 1 aromatic rings. The molecule has 3 nitrogen and oxygen atoms in total. The van der Waals surface area contributed by atoms with Gasteiger partial charge < -0.3 is 14.7 Å². The summed E-state index contributed by atoms with van der Waals surface area (Å²) in [5.41, 5.74) is 4.00. The molecule has 0 bridgehead atoms. The number of piperidine rings is 1. The fourth-order valence-electron chi connectivity index (χ4n) is 3.09. The summed E-state index contributed by atoms with van der Waals surface area (Å²) in [5, 5.41) is 10.1. The maximum absolute atomic E-state index is 10.1. The van der Waals surface area contributed by atoms with Gasteiger partial charge in [-0.05, 0) is 76.4 Å². The Morgan fingerprint density at radius 3 is 2.25 bits per heavy atom. The van der Waals surface area contributed by atoms with Crippen LogP contribution in [-0.4, -0.2) is 36.8 Å². The minimum Gasteiger partial charge on any atom is -0.507 e. The first-order valence-corrected chi connectivity index (χ1v) is 7.52. The van der Waals surface area contributed by atoms with E-state index in [0.717, 1.165) is 41.2 Å². The Balaban J connectivity index is 2.13. The lowest BCUT2D eigenvalue weighted by Crippen LogP contribution is -2.34. The average Bonchev–Trinajstić information content (AvgIpc) is 2.43. The van der Waals surface area contributed by atoms with E-state index in [9.17, 15) is 5.11 Å². The standard InChI is InChI=1S/C17H27NO2/c1-11-13(3)17(14(4)12(2)16(11)19)20-10-15-7-6-8-18(5)9-15/h15,19H,6-10H2,1-5H3. The summed E-state index contributed by atoms with van der Waals surface area (Å²) in [6.45, 7) is 11.1. The summed E-state index contributed by atoms with van der Waals surface area (Å²) >= 11 is 0. The quantitative estimate of drug-likeness (QED) is 0.919. The first-order chi connectivity index (χ1) is 9.41. The van der Waals surface area contributed by atoms with Crippen molar-refractivity contribution in [2.75, 3.05) is 26.7 Å². The molecule has 0 saturated carbocycles. The van der Waals surface area contributed by atoms with Crippen molar-refractivity contribution in [2.45, 2.75) is 40.5 Å². The highest BCUT2D eigenvalue weighted by molar-refractivity contribution is 5.56. The molecule has 1 unspecified atom stereocenters. The van der Waals surface area contributed by atoms with Crippen molar-refractivity contribution in [3.63, 3.8) is 0 Å². The number of phenolic OH excluding ortho intramolecular Hbond substituents is 1. The largest absolute Gasteiger partial charge is 0.507 e. The molecule has 3 heteroatoms. The Kier molecular flexibility index (Phi) is 4.59. The molecular formula is C17H27NO2. The van der Waals surface area contributed by atoms with Gasteiger partial charge in [0.25, 0.3) is 0 Å². The zero-order valence-corrected chi connectivity index (χ0v) is 13.4. The molecule has 2 rings (SSSR count). The monoisotopic (exact) mass is 277 g/mol. The van der Waals surface area contributed by atoms with Gasteiger partial charge in [-0.25, -0.2) is 0 Å². The summed E-state index contributed by atoms with van der Waals surface area (Å²) in [5.74, 6) is 1.98. The van der Waals surface area contributed by atoms with Crippen molar-refractivity contribution in [1.29, 1.82) is 0 Å². The molecule has 0 aromatic heterocycles. The Labute approximate surface area is 122 Å². The van der Waals surface area contributed by atoms with Crippen LogP contribution in [0.2, 0.25) is 0 Å². The second-order valence-electron chi connectivity index (χ2n) is 6.26. The normalized spacial score (nSPS) is 20.1. The molecule has 1 aliphatic rings. The summed E-state index contributed by atoms with van der Waals surface area (Å²) in [4.78, 5) is 2.38. The summed E-state index contributed by atoms with van der Waals surface area (Å²) in [6.07, 6.45) is 2.51. The van der Waals surface area contributed by atoms with E-state index < -0.39 is 0 Å². The van der Waals surface area contributed by atoms with Gasteiger partial charge in [0.15, 0.2) is 0 Å². The highest BCUT2D eigenvalue weighted by Crippen LogP contribution is 2.36. The van der Waals surface area contributed by atoms with Gasteiger partial charge >= 0.3 is 0 Å². The zero-order chi connectivity index (χ0) is 14.9. The third kappa shape index (κ3) is 2.93. The van der Waals surface area contributed by atoms with Crippen LogP contribution in [0.3, 0.4) is 0 Å².